The average Bonchev–Trinajstić information content (AvgIpc) is 3.18. The standard InChI is InChI=1S/C16H18N4O2/c1-3-21-12(2)16-17-15(22-19-16)11-20-10-9-14(18-20)13-7-5-4-6-8-13/h4-10,12H,3,11H2,1-2H3. The minimum absolute atomic E-state index is 0.167. The van der Waals surface area contributed by atoms with Crippen LogP contribution in [0.3, 0.4) is 0 Å². The third-order valence-electron chi connectivity index (χ3n) is 3.27. The van der Waals surface area contributed by atoms with Gasteiger partial charge in [-0.05, 0) is 19.9 Å². The molecule has 3 rings (SSSR count). The molecule has 0 amide bonds. The van der Waals surface area contributed by atoms with E-state index >= 15 is 0 Å². The van der Waals surface area contributed by atoms with Crippen LogP contribution in [0.15, 0.2) is 47.1 Å². The monoisotopic (exact) mass is 298 g/mol. The van der Waals surface area contributed by atoms with Gasteiger partial charge >= 0.3 is 0 Å². The molecule has 6 nitrogen and oxygen atoms in total. The molecule has 0 saturated heterocycles. The van der Waals surface area contributed by atoms with Crippen molar-refractivity contribution < 1.29 is 9.26 Å². The average molecular weight is 298 g/mol. The number of aromatic nitrogens is 4. The van der Waals surface area contributed by atoms with Gasteiger partial charge in [0.05, 0.1) is 5.69 Å². The van der Waals surface area contributed by atoms with Gasteiger partial charge in [-0.15, -0.1) is 0 Å². The van der Waals surface area contributed by atoms with Crippen molar-refractivity contribution in [2.75, 3.05) is 6.61 Å². The summed E-state index contributed by atoms with van der Waals surface area (Å²) in [6.45, 7) is 4.90. The second-order valence-electron chi connectivity index (χ2n) is 4.91. The minimum atomic E-state index is -0.167. The Bertz CT molecular complexity index is 721. The van der Waals surface area contributed by atoms with E-state index in [9.17, 15) is 0 Å². The molecule has 0 aliphatic heterocycles. The fourth-order valence-electron chi connectivity index (χ4n) is 2.17. The van der Waals surface area contributed by atoms with Gasteiger partial charge in [0.25, 0.3) is 0 Å². The Kier molecular flexibility index (Phi) is 4.29. The lowest BCUT2D eigenvalue weighted by atomic mass is 10.2. The first-order chi connectivity index (χ1) is 10.8. The molecule has 0 radical (unpaired) electrons. The van der Waals surface area contributed by atoms with Crippen LogP contribution in [-0.4, -0.2) is 26.5 Å². The fraction of sp³-hybridized carbons (Fsp3) is 0.312. The van der Waals surface area contributed by atoms with Crippen molar-refractivity contribution in [3.05, 3.63) is 54.3 Å². The van der Waals surface area contributed by atoms with Crippen molar-refractivity contribution in [3.63, 3.8) is 0 Å². The molecule has 0 aliphatic carbocycles. The van der Waals surface area contributed by atoms with Crippen molar-refractivity contribution in [3.8, 4) is 11.3 Å². The highest BCUT2D eigenvalue weighted by Crippen LogP contribution is 2.17. The number of ether oxygens (including phenoxy) is 1. The molecule has 1 aromatic carbocycles. The Hall–Kier alpha value is -2.47. The number of hydrogen-bond acceptors (Lipinski definition) is 5. The summed E-state index contributed by atoms with van der Waals surface area (Å²) in [6.07, 6.45) is 1.73. The molecule has 0 saturated carbocycles. The van der Waals surface area contributed by atoms with Crippen molar-refractivity contribution in [2.24, 2.45) is 0 Å². The number of rotatable bonds is 6. The molecule has 3 aromatic rings. The van der Waals surface area contributed by atoms with Crippen LogP contribution in [0.2, 0.25) is 0 Å². The first-order valence-electron chi connectivity index (χ1n) is 7.29. The molecule has 0 N–H and O–H groups in total. The highest BCUT2D eigenvalue weighted by atomic mass is 16.5. The van der Waals surface area contributed by atoms with Gasteiger partial charge in [0.2, 0.25) is 5.89 Å². The lowest BCUT2D eigenvalue weighted by molar-refractivity contribution is 0.0683. The van der Waals surface area contributed by atoms with E-state index in [2.05, 4.69) is 15.2 Å². The molecule has 0 spiro atoms. The van der Waals surface area contributed by atoms with Gasteiger partial charge in [-0.25, -0.2) is 0 Å². The zero-order valence-corrected chi connectivity index (χ0v) is 12.6. The van der Waals surface area contributed by atoms with E-state index in [0.29, 0.717) is 24.9 Å². The lowest BCUT2D eigenvalue weighted by Gasteiger charge is -2.04. The summed E-state index contributed by atoms with van der Waals surface area (Å²) < 4.78 is 12.5. The SMILES string of the molecule is CCOC(C)c1noc(Cn2ccc(-c3ccccc3)n2)n1. The van der Waals surface area contributed by atoms with Crippen molar-refractivity contribution in [1.29, 1.82) is 0 Å². The Morgan fingerprint density at radius 1 is 1.23 bits per heavy atom. The predicted molar refractivity (Wildman–Crippen MR) is 81.1 cm³/mol. The van der Waals surface area contributed by atoms with Crippen molar-refractivity contribution >= 4 is 0 Å². The normalized spacial score (nSPS) is 12.5. The van der Waals surface area contributed by atoms with E-state index in [1.165, 1.54) is 0 Å². The molecular formula is C16H18N4O2. The molecule has 1 unspecified atom stereocenters. The first-order valence-corrected chi connectivity index (χ1v) is 7.29. The molecule has 2 aromatic heterocycles. The summed E-state index contributed by atoms with van der Waals surface area (Å²) in [4.78, 5) is 4.34. The maximum absolute atomic E-state index is 5.45. The lowest BCUT2D eigenvalue weighted by Crippen LogP contribution is -2.03. The highest BCUT2D eigenvalue weighted by molar-refractivity contribution is 5.57. The molecule has 0 fully saturated rings. The zero-order valence-electron chi connectivity index (χ0n) is 12.6. The third kappa shape index (κ3) is 3.23. The third-order valence-corrected chi connectivity index (χ3v) is 3.27. The Morgan fingerprint density at radius 2 is 2.05 bits per heavy atom. The maximum Gasteiger partial charge on any atom is 0.248 e. The van der Waals surface area contributed by atoms with Crippen molar-refractivity contribution in [1.82, 2.24) is 19.9 Å². The minimum Gasteiger partial charge on any atom is -0.371 e. The van der Waals surface area contributed by atoms with Crippen LogP contribution >= 0.6 is 0 Å². The van der Waals surface area contributed by atoms with E-state index < -0.39 is 0 Å². The summed E-state index contributed by atoms with van der Waals surface area (Å²) in [5, 5.41) is 8.47. The zero-order chi connectivity index (χ0) is 15.4. The van der Waals surface area contributed by atoms with Gasteiger partial charge in [-0.3, -0.25) is 4.68 Å². The quantitative estimate of drug-likeness (QED) is 0.699. The summed E-state index contributed by atoms with van der Waals surface area (Å²) >= 11 is 0. The number of benzene rings is 1. The molecular weight excluding hydrogens is 280 g/mol. The fourth-order valence-corrected chi connectivity index (χ4v) is 2.17. The molecule has 1 atom stereocenters. The second kappa shape index (κ2) is 6.53. The van der Waals surface area contributed by atoms with E-state index in [1.807, 2.05) is 56.4 Å². The molecule has 0 bridgehead atoms. The van der Waals surface area contributed by atoms with E-state index in [0.717, 1.165) is 11.3 Å². The topological polar surface area (TPSA) is 66.0 Å². The van der Waals surface area contributed by atoms with E-state index in [-0.39, 0.29) is 6.10 Å². The second-order valence-corrected chi connectivity index (χ2v) is 4.91. The summed E-state index contributed by atoms with van der Waals surface area (Å²) in [6, 6.07) is 12.0. The van der Waals surface area contributed by atoms with Crippen LogP contribution in [0.1, 0.15) is 31.7 Å². The first kappa shape index (κ1) is 14.5. The Morgan fingerprint density at radius 3 is 2.82 bits per heavy atom. The van der Waals surface area contributed by atoms with Gasteiger partial charge in [0.15, 0.2) is 5.82 Å². The predicted octanol–water partition coefficient (Wildman–Crippen LogP) is 3.08. The van der Waals surface area contributed by atoms with Crippen LogP contribution in [0.25, 0.3) is 11.3 Å². The largest absolute Gasteiger partial charge is 0.371 e. The van der Waals surface area contributed by atoms with Crippen molar-refractivity contribution in [2.45, 2.75) is 26.5 Å². The van der Waals surface area contributed by atoms with Crippen LogP contribution in [0, 0.1) is 0 Å². The Balaban J connectivity index is 1.70. The van der Waals surface area contributed by atoms with Crippen LogP contribution in [0.5, 0.6) is 0 Å². The number of hydrogen-bond donors (Lipinski definition) is 0. The summed E-state index contributed by atoms with van der Waals surface area (Å²) in [5.74, 6) is 1.08. The number of nitrogens with zero attached hydrogens (tertiary/aromatic N) is 4. The summed E-state index contributed by atoms with van der Waals surface area (Å²) in [7, 11) is 0. The van der Waals surface area contributed by atoms with Gasteiger partial charge < -0.3 is 9.26 Å². The van der Waals surface area contributed by atoms with Crippen LogP contribution in [-0.2, 0) is 11.3 Å². The van der Waals surface area contributed by atoms with Gasteiger partial charge in [-0.2, -0.15) is 10.1 Å². The van der Waals surface area contributed by atoms with Crippen LogP contribution in [0.4, 0.5) is 0 Å². The molecule has 0 aliphatic rings. The van der Waals surface area contributed by atoms with E-state index in [1.54, 1.807) is 4.68 Å². The Labute approximate surface area is 128 Å². The van der Waals surface area contributed by atoms with Crippen LogP contribution < -0.4 is 0 Å². The maximum atomic E-state index is 5.45. The van der Waals surface area contributed by atoms with Gasteiger partial charge in [-0.1, -0.05) is 35.5 Å². The molecule has 2 heterocycles. The van der Waals surface area contributed by atoms with Gasteiger partial charge in [0, 0.05) is 18.4 Å². The molecule has 114 valence electrons. The van der Waals surface area contributed by atoms with Gasteiger partial charge in [0.1, 0.15) is 12.6 Å². The molecule has 22 heavy (non-hydrogen) atoms. The highest BCUT2D eigenvalue weighted by Gasteiger charge is 2.14. The summed E-state index contributed by atoms with van der Waals surface area (Å²) in [5.41, 5.74) is 2.00. The molecule has 6 heteroatoms. The van der Waals surface area contributed by atoms with E-state index in [4.69, 9.17) is 9.26 Å². The smallest absolute Gasteiger partial charge is 0.248 e.